The summed E-state index contributed by atoms with van der Waals surface area (Å²) in [5, 5.41) is 9.31. The molecule has 1 aromatic carbocycles. The molecule has 2 rings (SSSR count). The van der Waals surface area contributed by atoms with Crippen molar-refractivity contribution < 1.29 is 9.50 Å². The summed E-state index contributed by atoms with van der Waals surface area (Å²) in [6.45, 7) is 1.89. The number of aliphatic hydroxyl groups is 1. The second-order valence-electron chi connectivity index (χ2n) is 5.04. The average molecular weight is 252 g/mol. The molecular formula is C14H21FN2O. The van der Waals surface area contributed by atoms with Crippen molar-refractivity contribution in [2.45, 2.75) is 25.5 Å². The van der Waals surface area contributed by atoms with Gasteiger partial charge in [0.1, 0.15) is 5.82 Å². The van der Waals surface area contributed by atoms with Gasteiger partial charge in [-0.2, -0.15) is 0 Å². The highest BCUT2D eigenvalue weighted by atomic mass is 19.1. The minimum absolute atomic E-state index is 0.251. The Labute approximate surface area is 108 Å². The lowest BCUT2D eigenvalue weighted by molar-refractivity contribution is 0.251. The topological polar surface area (TPSA) is 26.7 Å². The smallest absolute Gasteiger partial charge is 0.130 e. The van der Waals surface area contributed by atoms with Crippen molar-refractivity contribution in [3.05, 3.63) is 29.6 Å². The first-order valence-corrected chi connectivity index (χ1v) is 6.43. The van der Waals surface area contributed by atoms with E-state index < -0.39 is 0 Å². The number of hydrogen-bond donors (Lipinski definition) is 1. The lowest BCUT2D eigenvalue weighted by atomic mass is 10.0. The Bertz CT molecular complexity index is 403. The monoisotopic (exact) mass is 252 g/mol. The van der Waals surface area contributed by atoms with Gasteiger partial charge in [-0.3, -0.25) is 0 Å². The van der Waals surface area contributed by atoms with Crippen LogP contribution in [0.3, 0.4) is 0 Å². The van der Waals surface area contributed by atoms with Crippen molar-refractivity contribution in [3.8, 4) is 0 Å². The Morgan fingerprint density at radius 1 is 1.39 bits per heavy atom. The van der Waals surface area contributed by atoms with Crippen molar-refractivity contribution >= 4 is 5.69 Å². The number of anilines is 1. The largest absolute Gasteiger partial charge is 0.391 e. The number of hydrogen-bond acceptors (Lipinski definition) is 3. The van der Waals surface area contributed by atoms with Crippen molar-refractivity contribution in [3.63, 3.8) is 0 Å². The Kier molecular flexibility index (Phi) is 4.19. The first-order valence-electron chi connectivity index (χ1n) is 6.43. The first kappa shape index (κ1) is 13.3. The molecule has 1 aliphatic rings. The van der Waals surface area contributed by atoms with Crippen LogP contribution in [0.25, 0.3) is 0 Å². The van der Waals surface area contributed by atoms with Crippen LogP contribution in [0.5, 0.6) is 0 Å². The van der Waals surface area contributed by atoms with Gasteiger partial charge in [0.05, 0.1) is 6.61 Å². The SMILES string of the molecule is CN1CCC(N(C)c2cccc(F)c2CO)CC1. The summed E-state index contributed by atoms with van der Waals surface area (Å²) in [4.78, 5) is 4.42. The van der Waals surface area contributed by atoms with Gasteiger partial charge >= 0.3 is 0 Å². The summed E-state index contributed by atoms with van der Waals surface area (Å²) in [6, 6.07) is 5.41. The van der Waals surface area contributed by atoms with Crippen molar-refractivity contribution in [2.75, 3.05) is 32.1 Å². The van der Waals surface area contributed by atoms with Gasteiger partial charge in [0.25, 0.3) is 0 Å². The van der Waals surface area contributed by atoms with E-state index in [1.54, 1.807) is 6.07 Å². The van der Waals surface area contributed by atoms with E-state index in [1.807, 2.05) is 13.1 Å². The number of nitrogens with zero attached hydrogens (tertiary/aromatic N) is 2. The molecule has 4 heteroatoms. The molecule has 1 fully saturated rings. The third-order valence-corrected chi connectivity index (χ3v) is 3.87. The van der Waals surface area contributed by atoms with E-state index in [0.717, 1.165) is 31.6 Å². The zero-order chi connectivity index (χ0) is 13.1. The third kappa shape index (κ3) is 2.65. The van der Waals surface area contributed by atoms with Crippen LogP contribution in [0.1, 0.15) is 18.4 Å². The molecule has 18 heavy (non-hydrogen) atoms. The summed E-state index contributed by atoms with van der Waals surface area (Å²) in [5.74, 6) is -0.324. The fourth-order valence-electron chi connectivity index (χ4n) is 2.61. The van der Waals surface area contributed by atoms with Gasteiger partial charge in [0, 0.05) is 24.3 Å². The van der Waals surface area contributed by atoms with Crippen LogP contribution in [0.4, 0.5) is 10.1 Å². The molecule has 1 heterocycles. The molecule has 3 nitrogen and oxygen atoms in total. The summed E-state index contributed by atoms with van der Waals surface area (Å²) in [5.41, 5.74) is 1.21. The van der Waals surface area contributed by atoms with Gasteiger partial charge < -0.3 is 14.9 Å². The van der Waals surface area contributed by atoms with Crippen LogP contribution in [0.15, 0.2) is 18.2 Å². The maximum atomic E-state index is 13.6. The minimum atomic E-state index is -0.324. The molecule has 1 N–H and O–H groups in total. The van der Waals surface area contributed by atoms with E-state index in [2.05, 4.69) is 16.8 Å². The molecule has 0 atom stereocenters. The van der Waals surface area contributed by atoms with Crippen molar-refractivity contribution in [1.29, 1.82) is 0 Å². The number of likely N-dealkylation sites (tertiary alicyclic amines) is 1. The first-order chi connectivity index (χ1) is 8.63. The van der Waals surface area contributed by atoms with E-state index in [0.29, 0.717) is 11.6 Å². The van der Waals surface area contributed by atoms with E-state index in [4.69, 9.17) is 0 Å². The molecule has 0 aliphatic carbocycles. The van der Waals surface area contributed by atoms with Gasteiger partial charge in [-0.1, -0.05) is 6.07 Å². The van der Waals surface area contributed by atoms with Crippen LogP contribution in [0, 0.1) is 5.82 Å². The van der Waals surface area contributed by atoms with Crippen LogP contribution in [-0.2, 0) is 6.61 Å². The van der Waals surface area contributed by atoms with Gasteiger partial charge in [-0.05, 0) is 45.1 Å². The summed E-state index contributed by atoms with van der Waals surface area (Å²) >= 11 is 0. The second-order valence-corrected chi connectivity index (χ2v) is 5.04. The number of aliphatic hydroxyl groups excluding tert-OH is 1. The van der Waals surface area contributed by atoms with Gasteiger partial charge in [-0.15, -0.1) is 0 Å². The molecule has 1 aromatic rings. The third-order valence-electron chi connectivity index (χ3n) is 3.87. The zero-order valence-electron chi connectivity index (χ0n) is 11.1. The van der Waals surface area contributed by atoms with E-state index in [-0.39, 0.29) is 12.4 Å². The molecule has 1 aliphatic heterocycles. The molecule has 0 unspecified atom stereocenters. The highest BCUT2D eigenvalue weighted by Gasteiger charge is 2.22. The Morgan fingerprint density at radius 2 is 2.06 bits per heavy atom. The molecular weight excluding hydrogens is 231 g/mol. The Hall–Kier alpha value is -1.13. The normalized spacial score (nSPS) is 18.0. The number of halogens is 1. The Balaban J connectivity index is 2.18. The van der Waals surface area contributed by atoms with Crippen molar-refractivity contribution in [2.24, 2.45) is 0 Å². The maximum absolute atomic E-state index is 13.6. The standard InChI is InChI=1S/C14H21FN2O/c1-16-8-6-11(7-9-16)17(2)14-5-3-4-13(15)12(14)10-18/h3-5,11,18H,6-10H2,1-2H3. The van der Waals surface area contributed by atoms with E-state index in [1.165, 1.54) is 6.07 Å². The molecule has 0 aromatic heterocycles. The summed E-state index contributed by atoms with van der Waals surface area (Å²) in [7, 11) is 4.11. The molecule has 0 radical (unpaired) electrons. The zero-order valence-corrected chi connectivity index (χ0v) is 11.1. The van der Waals surface area contributed by atoms with Crippen LogP contribution in [0.2, 0.25) is 0 Å². The molecule has 0 bridgehead atoms. The minimum Gasteiger partial charge on any atom is -0.391 e. The number of rotatable bonds is 3. The average Bonchev–Trinajstić information content (AvgIpc) is 2.38. The van der Waals surface area contributed by atoms with Gasteiger partial charge in [0.2, 0.25) is 0 Å². The molecule has 100 valence electrons. The lowest BCUT2D eigenvalue weighted by Gasteiger charge is -2.37. The van der Waals surface area contributed by atoms with E-state index >= 15 is 0 Å². The predicted octanol–water partition coefficient (Wildman–Crippen LogP) is 1.85. The fraction of sp³-hybridized carbons (Fsp3) is 0.571. The molecule has 1 saturated heterocycles. The summed E-state index contributed by atoms with van der Waals surface area (Å²) < 4.78 is 13.6. The quantitative estimate of drug-likeness (QED) is 0.889. The number of benzene rings is 1. The lowest BCUT2D eigenvalue weighted by Crippen LogP contribution is -2.42. The van der Waals surface area contributed by atoms with E-state index in [9.17, 15) is 9.50 Å². The van der Waals surface area contributed by atoms with Gasteiger partial charge in [0.15, 0.2) is 0 Å². The summed E-state index contributed by atoms with van der Waals surface area (Å²) in [6.07, 6.45) is 2.16. The second kappa shape index (κ2) is 5.67. The van der Waals surface area contributed by atoms with Crippen LogP contribution >= 0.6 is 0 Å². The number of piperidine rings is 1. The molecule has 0 amide bonds. The van der Waals surface area contributed by atoms with Crippen LogP contribution in [-0.4, -0.2) is 43.2 Å². The van der Waals surface area contributed by atoms with Crippen LogP contribution < -0.4 is 4.90 Å². The molecule has 0 saturated carbocycles. The highest BCUT2D eigenvalue weighted by Crippen LogP contribution is 2.27. The highest BCUT2D eigenvalue weighted by molar-refractivity contribution is 5.54. The molecule has 0 spiro atoms. The van der Waals surface area contributed by atoms with Gasteiger partial charge in [-0.25, -0.2) is 4.39 Å². The Morgan fingerprint density at radius 3 is 2.67 bits per heavy atom. The maximum Gasteiger partial charge on any atom is 0.130 e. The fourth-order valence-corrected chi connectivity index (χ4v) is 2.61. The predicted molar refractivity (Wildman–Crippen MR) is 71.2 cm³/mol. The van der Waals surface area contributed by atoms with Crippen molar-refractivity contribution in [1.82, 2.24) is 4.90 Å².